The summed E-state index contributed by atoms with van der Waals surface area (Å²) in [7, 11) is -3.44. The standard InChI is InChI=1S/C14H23N3O2S/c1-3-16-8-9-17(11-12(16)2)20(18,19)14-7-5-4-6-13(14)10-15/h4-7,12H,3,8-11,15H2,1-2H3. The smallest absolute Gasteiger partial charge is 0.243 e. The first-order chi connectivity index (χ1) is 9.50. The molecule has 1 aromatic carbocycles. The Balaban J connectivity index is 2.27. The van der Waals surface area contributed by atoms with E-state index in [1.807, 2.05) is 6.07 Å². The summed E-state index contributed by atoms with van der Waals surface area (Å²) in [4.78, 5) is 2.64. The summed E-state index contributed by atoms with van der Waals surface area (Å²) in [6.45, 7) is 7.22. The number of hydrogen-bond acceptors (Lipinski definition) is 4. The van der Waals surface area contributed by atoms with Gasteiger partial charge in [-0.15, -0.1) is 0 Å². The van der Waals surface area contributed by atoms with Gasteiger partial charge in [0.1, 0.15) is 0 Å². The molecule has 1 fully saturated rings. The highest BCUT2D eigenvalue weighted by Gasteiger charge is 2.32. The van der Waals surface area contributed by atoms with Gasteiger partial charge in [-0.3, -0.25) is 4.90 Å². The molecule has 5 nitrogen and oxygen atoms in total. The maximum absolute atomic E-state index is 12.8. The Bertz CT molecular complexity index is 559. The number of nitrogens with two attached hydrogens (primary N) is 1. The summed E-state index contributed by atoms with van der Waals surface area (Å²) in [5, 5.41) is 0. The highest BCUT2D eigenvalue weighted by atomic mass is 32.2. The average molecular weight is 297 g/mol. The lowest BCUT2D eigenvalue weighted by Gasteiger charge is -2.38. The van der Waals surface area contributed by atoms with E-state index in [0.717, 1.165) is 13.1 Å². The molecule has 0 amide bonds. The van der Waals surface area contributed by atoms with Crippen LogP contribution in [-0.2, 0) is 16.6 Å². The largest absolute Gasteiger partial charge is 0.326 e. The Kier molecular flexibility index (Phi) is 4.80. The molecule has 2 N–H and O–H groups in total. The lowest BCUT2D eigenvalue weighted by molar-refractivity contribution is 0.135. The van der Waals surface area contributed by atoms with Crippen molar-refractivity contribution in [2.24, 2.45) is 5.73 Å². The third-order valence-corrected chi connectivity index (χ3v) is 5.91. The summed E-state index contributed by atoms with van der Waals surface area (Å²) in [6, 6.07) is 7.23. The van der Waals surface area contributed by atoms with Crippen molar-refractivity contribution < 1.29 is 8.42 Å². The monoisotopic (exact) mass is 297 g/mol. The number of piperazine rings is 1. The molecular formula is C14H23N3O2S. The van der Waals surface area contributed by atoms with Gasteiger partial charge in [0.05, 0.1) is 4.90 Å². The molecule has 0 aromatic heterocycles. The molecule has 2 rings (SSSR count). The van der Waals surface area contributed by atoms with Crippen LogP contribution in [0, 0.1) is 0 Å². The van der Waals surface area contributed by atoms with E-state index in [-0.39, 0.29) is 12.6 Å². The van der Waals surface area contributed by atoms with Crippen LogP contribution in [0.3, 0.4) is 0 Å². The quantitative estimate of drug-likeness (QED) is 0.895. The fourth-order valence-electron chi connectivity index (χ4n) is 2.71. The van der Waals surface area contributed by atoms with Crippen LogP contribution >= 0.6 is 0 Å². The van der Waals surface area contributed by atoms with E-state index in [4.69, 9.17) is 5.73 Å². The molecule has 1 aromatic rings. The van der Waals surface area contributed by atoms with Crippen molar-refractivity contribution in [2.45, 2.75) is 31.3 Å². The van der Waals surface area contributed by atoms with Gasteiger partial charge in [0, 0.05) is 32.2 Å². The molecule has 0 spiro atoms. The maximum Gasteiger partial charge on any atom is 0.243 e. The Morgan fingerprint density at radius 2 is 2.00 bits per heavy atom. The van der Waals surface area contributed by atoms with E-state index in [2.05, 4.69) is 18.7 Å². The molecule has 1 saturated heterocycles. The van der Waals surface area contributed by atoms with Crippen LogP contribution in [0.1, 0.15) is 19.4 Å². The number of hydrogen-bond donors (Lipinski definition) is 1. The van der Waals surface area contributed by atoms with Crippen molar-refractivity contribution in [2.75, 3.05) is 26.2 Å². The van der Waals surface area contributed by atoms with Crippen molar-refractivity contribution in [3.63, 3.8) is 0 Å². The third-order valence-electron chi connectivity index (χ3n) is 3.94. The van der Waals surface area contributed by atoms with Gasteiger partial charge in [0.2, 0.25) is 10.0 Å². The number of likely N-dealkylation sites (N-methyl/N-ethyl adjacent to an activating group) is 1. The fraction of sp³-hybridized carbons (Fsp3) is 0.571. The first-order valence-corrected chi connectivity index (χ1v) is 8.47. The molecule has 1 aliphatic heterocycles. The van der Waals surface area contributed by atoms with E-state index in [9.17, 15) is 8.42 Å². The Morgan fingerprint density at radius 3 is 2.60 bits per heavy atom. The van der Waals surface area contributed by atoms with Gasteiger partial charge in [-0.1, -0.05) is 25.1 Å². The zero-order valence-corrected chi connectivity index (χ0v) is 12.9. The first-order valence-electron chi connectivity index (χ1n) is 7.02. The predicted molar refractivity (Wildman–Crippen MR) is 79.8 cm³/mol. The van der Waals surface area contributed by atoms with Gasteiger partial charge in [0.25, 0.3) is 0 Å². The lowest BCUT2D eigenvalue weighted by Crippen LogP contribution is -2.53. The minimum absolute atomic E-state index is 0.236. The van der Waals surface area contributed by atoms with Gasteiger partial charge in [-0.25, -0.2) is 8.42 Å². The van der Waals surface area contributed by atoms with Crippen LogP contribution in [0.15, 0.2) is 29.2 Å². The van der Waals surface area contributed by atoms with Gasteiger partial charge in [0.15, 0.2) is 0 Å². The molecule has 0 bridgehead atoms. The van der Waals surface area contributed by atoms with Crippen LogP contribution < -0.4 is 5.73 Å². The molecule has 20 heavy (non-hydrogen) atoms. The molecule has 1 unspecified atom stereocenters. The topological polar surface area (TPSA) is 66.6 Å². The molecule has 1 heterocycles. The van der Waals surface area contributed by atoms with Crippen molar-refractivity contribution in [1.82, 2.24) is 9.21 Å². The molecular weight excluding hydrogens is 274 g/mol. The molecule has 0 saturated carbocycles. The number of nitrogens with zero attached hydrogens (tertiary/aromatic N) is 2. The Hall–Kier alpha value is -0.950. The van der Waals surface area contributed by atoms with Crippen molar-refractivity contribution >= 4 is 10.0 Å². The van der Waals surface area contributed by atoms with Gasteiger partial charge in [-0.2, -0.15) is 4.31 Å². The van der Waals surface area contributed by atoms with Crippen molar-refractivity contribution in [3.05, 3.63) is 29.8 Å². The summed E-state index contributed by atoms with van der Waals surface area (Å²) in [5.74, 6) is 0. The lowest BCUT2D eigenvalue weighted by atomic mass is 10.2. The SMILES string of the molecule is CCN1CCN(S(=O)(=O)c2ccccc2CN)CC1C. The summed E-state index contributed by atoms with van der Waals surface area (Å²) < 4.78 is 27.1. The zero-order valence-electron chi connectivity index (χ0n) is 12.1. The molecule has 1 aliphatic rings. The average Bonchev–Trinajstić information content (AvgIpc) is 2.47. The van der Waals surface area contributed by atoms with Crippen LogP contribution in [0.5, 0.6) is 0 Å². The zero-order chi connectivity index (χ0) is 14.8. The third kappa shape index (κ3) is 2.88. The molecule has 6 heteroatoms. The van der Waals surface area contributed by atoms with Gasteiger partial charge >= 0.3 is 0 Å². The predicted octanol–water partition coefficient (Wildman–Crippen LogP) is 0.860. The summed E-state index contributed by atoms with van der Waals surface area (Å²) >= 11 is 0. The van der Waals surface area contributed by atoms with E-state index in [1.165, 1.54) is 0 Å². The highest BCUT2D eigenvalue weighted by Crippen LogP contribution is 2.22. The molecule has 0 radical (unpaired) electrons. The number of sulfonamides is 1. The van der Waals surface area contributed by atoms with Crippen molar-refractivity contribution in [3.8, 4) is 0 Å². The molecule has 112 valence electrons. The molecule has 0 aliphatic carbocycles. The van der Waals surface area contributed by atoms with E-state index >= 15 is 0 Å². The van der Waals surface area contributed by atoms with Gasteiger partial charge in [-0.05, 0) is 25.1 Å². The fourth-order valence-corrected chi connectivity index (χ4v) is 4.46. The van der Waals surface area contributed by atoms with Crippen LogP contribution in [0.4, 0.5) is 0 Å². The van der Waals surface area contributed by atoms with Crippen LogP contribution in [-0.4, -0.2) is 49.8 Å². The second-order valence-corrected chi connectivity index (χ2v) is 7.06. The van der Waals surface area contributed by atoms with E-state index < -0.39 is 10.0 Å². The molecule has 1 atom stereocenters. The van der Waals surface area contributed by atoms with Crippen LogP contribution in [0.2, 0.25) is 0 Å². The minimum atomic E-state index is -3.44. The van der Waals surface area contributed by atoms with Crippen LogP contribution in [0.25, 0.3) is 0 Å². The van der Waals surface area contributed by atoms with E-state index in [1.54, 1.807) is 22.5 Å². The summed E-state index contributed by atoms with van der Waals surface area (Å²) in [5.41, 5.74) is 6.34. The maximum atomic E-state index is 12.8. The number of rotatable bonds is 4. The van der Waals surface area contributed by atoms with E-state index in [0.29, 0.717) is 23.5 Å². The Labute approximate surface area is 121 Å². The normalized spacial score (nSPS) is 22.1. The van der Waals surface area contributed by atoms with Crippen molar-refractivity contribution in [1.29, 1.82) is 0 Å². The van der Waals surface area contributed by atoms with Gasteiger partial charge < -0.3 is 5.73 Å². The first kappa shape index (κ1) is 15.4. The number of benzene rings is 1. The second kappa shape index (κ2) is 6.22. The highest BCUT2D eigenvalue weighted by molar-refractivity contribution is 7.89. The minimum Gasteiger partial charge on any atom is -0.326 e. The Morgan fingerprint density at radius 1 is 1.30 bits per heavy atom. The second-order valence-electron chi connectivity index (χ2n) is 5.15. The summed E-state index contributed by atoms with van der Waals surface area (Å²) in [6.07, 6.45) is 0.